The van der Waals surface area contributed by atoms with Crippen LogP contribution in [0.1, 0.15) is 66.7 Å². The highest BCUT2D eigenvalue weighted by molar-refractivity contribution is 5.94. The normalized spacial score (nSPS) is 15.7. The summed E-state index contributed by atoms with van der Waals surface area (Å²) in [6, 6.07) is 7.73. The van der Waals surface area contributed by atoms with E-state index in [9.17, 15) is 4.79 Å². The highest BCUT2D eigenvalue weighted by atomic mass is 16.2. The van der Waals surface area contributed by atoms with Crippen LogP contribution >= 0.6 is 0 Å². The third-order valence-corrected chi connectivity index (χ3v) is 5.18. The van der Waals surface area contributed by atoms with E-state index in [0.29, 0.717) is 5.69 Å². The first kappa shape index (κ1) is 16.8. The predicted octanol–water partition coefficient (Wildman–Crippen LogP) is 3.68. The van der Waals surface area contributed by atoms with Gasteiger partial charge in [-0.05, 0) is 43.7 Å². The molecule has 0 radical (unpaired) electrons. The van der Waals surface area contributed by atoms with Gasteiger partial charge in [-0.2, -0.15) is 5.10 Å². The molecule has 0 fully saturated rings. The molecule has 2 aromatic heterocycles. The molecule has 1 aromatic carbocycles. The van der Waals surface area contributed by atoms with Gasteiger partial charge in [-0.3, -0.25) is 9.89 Å². The van der Waals surface area contributed by atoms with Crippen LogP contribution < -0.4 is 5.32 Å². The van der Waals surface area contributed by atoms with Crippen LogP contribution in [0.15, 0.2) is 24.3 Å². The van der Waals surface area contributed by atoms with Crippen LogP contribution in [0.25, 0.3) is 11.0 Å². The summed E-state index contributed by atoms with van der Waals surface area (Å²) < 4.78 is 0. The molecule has 6 heteroatoms. The maximum atomic E-state index is 13.0. The Balaban J connectivity index is 1.61. The number of aromatic amines is 2. The second-order valence-electron chi connectivity index (χ2n) is 7.42. The lowest BCUT2D eigenvalue weighted by molar-refractivity contribution is 0.0917. The highest BCUT2D eigenvalue weighted by Crippen LogP contribution is 2.25. The van der Waals surface area contributed by atoms with Crippen LogP contribution in [-0.4, -0.2) is 26.1 Å². The molecule has 4 rings (SSSR count). The molecule has 0 spiro atoms. The molecule has 0 saturated carbocycles. The SMILES string of the molecule is CC(C)C(NC(=O)c1n[nH]c2c1CCCCC2)c1nc2ccccc2[nH]1. The van der Waals surface area contributed by atoms with Crippen molar-refractivity contribution < 1.29 is 4.79 Å². The van der Waals surface area contributed by atoms with Gasteiger partial charge in [0.25, 0.3) is 5.91 Å². The van der Waals surface area contributed by atoms with Gasteiger partial charge in [0.1, 0.15) is 5.82 Å². The van der Waals surface area contributed by atoms with E-state index in [-0.39, 0.29) is 17.9 Å². The number of para-hydroxylation sites is 2. The number of benzene rings is 1. The lowest BCUT2D eigenvalue weighted by atomic mass is 10.0. The Bertz CT molecular complexity index is 890. The zero-order chi connectivity index (χ0) is 18.1. The molecular weight excluding hydrogens is 326 g/mol. The van der Waals surface area contributed by atoms with Crippen molar-refractivity contribution in [3.8, 4) is 0 Å². The fraction of sp³-hybridized carbons (Fsp3) is 0.450. The van der Waals surface area contributed by atoms with E-state index < -0.39 is 0 Å². The van der Waals surface area contributed by atoms with Crippen LogP contribution in [0.2, 0.25) is 0 Å². The topological polar surface area (TPSA) is 86.5 Å². The molecule has 1 aliphatic rings. The number of rotatable bonds is 4. The van der Waals surface area contributed by atoms with E-state index >= 15 is 0 Å². The van der Waals surface area contributed by atoms with E-state index in [1.165, 1.54) is 6.42 Å². The maximum absolute atomic E-state index is 13.0. The first-order valence-corrected chi connectivity index (χ1v) is 9.45. The average molecular weight is 351 g/mol. The monoisotopic (exact) mass is 351 g/mol. The number of carbonyl (C=O) groups is 1. The number of H-pyrrole nitrogens is 2. The molecule has 136 valence electrons. The summed E-state index contributed by atoms with van der Waals surface area (Å²) in [5, 5.41) is 10.5. The van der Waals surface area contributed by atoms with Crippen LogP contribution in [0.4, 0.5) is 0 Å². The van der Waals surface area contributed by atoms with Crippen molar-refractivity contribution in [3.63, 3.8) is 0 Å². The number of hydrogen-bond acceptors (Lipinski definition) is 3. The standard InChI is InChI=1S/C20H25N5O/c1-12(2)17(19-21-15-10-6-7-11-16(15)22-19)23-20(26)18-13-8-4-3-5-9-14(13)24-25-18/h6-7,10-12,17H,3-5,8-9H2,1-2H3,(H,21,22)(H,23,26)(H,24,25). The smallest absolute Gasteiger partial charge is 0.272 e. The van der Waals surface area contributed by atoms with Gasteiger partial charge in [-0.15, -0.1) is 0 Å². The van der Waals surface area contributed by atoms with Gasteiger partial charge >= 0.3 is 0 Å². The fourth-order valence-corrected chi connectivity index (χ4v) is 3.73. The lowest BCUT2D eigenvalue weighted by Gasteiger charge is -2.20. The third kappa shape index (κ3) is 3.11. The van der Waals surface area contributed by atoms with Crippen molar-refractivity contribution in [1.82, 2.24) is 25.5 Å². The Morgan fingerprint density at radius 2 is 1.96 bits per heavy atom. The van der Waals surface area contributed by atoms with Crippen molar-refractivity contribution >= 4 is 16.9 Å². The minimum absolute atomic E-state index is 0.122. The van der Waals surface area contributed by atoms with Crippen LogP contribution in [-0.2, 0) is 12.8 Å². The summed E-state index contributed by atoms with van der Waals surface area (Å²) in [5.74, 6) is 0.872. The first-order chi connectivity index (χ1) is 12.6. The van der Waals surface area contributed by atoms with Gasteiger partial charge in [0.15, 0.2) is 5.69 Å². The molecule has 1 aliphatic carbocycles. The number of fused-ring (bicyclic) bond motifs is 2. The van der Waals surface area contributed by atoms with Gasteiger partial charge in [-0.1, -0.05) is 32.4 Å². The molecule has 1 amide bonds. The van der Waals surface area contributed by atoms with Gasteiger partial charge < -0.3 is 10.3 Å². The molecule has 0 bridgehead atoms. The minimum atomic E-state index is -0.187. The van der Waals surface area contributed by atoms with E-state index in [0.717, 1.165) is 53.8 Å². The number of carbonyl (C=O) groups excluding carboxylic acids is 1. The Morgan fingerprint density at radius 1 is 1.15 bits per heavy atom. The van der Waals surface area contributed by atoms with Crippen molar-refractivity contribution in [3.05, 3.63) is 47.0 Å². The molecule has 1 atom stereocenters. The maximum Gasteiger partial charge on any atom is 0.272 e. The number of amides is 1. The highest BCUT2D eigenvalue weighted by Gasteiger charge is 2.26. The minimum Gasteiger partial charge on any atom is -0.340 e. The molecule has 2 heterocycles. The van der Waals surface area contributed by atoms with E-state index in [4.69, 9.17) is 0 Å². The van der Waals surface area contributed by atoms with Crippen molar-refractivity contribution in [2.75, 3.05) is 0 Å². The van der Waals surface area contributed by atoms with Gasteiger partial charge in [0.2, 0.25) is 0 Å². The summed E-state index contributed by atoms with van der Waals surface area (Å²) in [5.41, 5.74) is 4.65. The predicted molar refractivity (Wildman–Crippen MR) is 101 cm³/mol. The number of hydrogen-bond donors (Lipinski definition) is 3. The lowest BCUT2D eigenvalue weighted by Crippen LogP contribution is -2.33. The molecule has 3 aromatic rings. The van der Waals surface area contributed by atoms with Crippen molar-refractivity contribution in [2.45, 2.75) is 52.0 Å². The third-order valence-electron chi connectivity index (χ3n) is 5.18. The molecule has 1 unspecified atom stereocenters. The molecule has 0 saturated heterocycles. The summed E-state index contributed by atoms with van der Waals surface area (Å²) in [4.78, 5) is 21.0. The van der Waals surface area contributed by atoms with E-state index in [2.05, 4.69) is 39.3 Å². The van der Waals surface area contributed by atoms with Gasteiger partial charge in [0.05, 0.1) is 17.1 Å². The molecule has 3 N–H and O–H groups in total. The summed E-state index contributed by atoms with van der Waals surface area (Å²) in [7, 11) is 0. The average Bonchev–Trinajstić information content (AvgIpc) is 3.16. The number of imidazole rings is 1. The molecule has 26 heavy (non-hydrogen) atoms. The van der Waals surface area contributed by atoms with Crippen LogP contribution in [0.3, 0.4) is 0 Å². The van der Waals surface area contributed by atoms with Crippen LogP contribution in [0, 0.1) is 5.92 Å². The van der Waals surface area contributed by atoms with Gasteiger partial charge in [0, 0.05) is 11.3 Å². The Hall–Kier alpha value is -2.63. The Morgan fingerprint density at radius 3 is 2.77 bits per heavy atom. The number of aromatic nitrogens is 4. The zero-order valence-corrected chi connectivity index (χ0v) is 15.3. The van der Waals surface area contributed by atoms with E-state index in [1.54, 1.807) is 0 Å². The second-order valence-corrected chi connectivity index (χ2v) is 7.42. The molecular formula is C20H25N5O. The summed E-state index contributed by atoms with van der Waals surface area (Å²) in [6.07, 6.45) is 5.38. The van der Waals surface area contributed by atoms with Crippen molar-refractivity contribution in [2.24, 2.45) is 5.92 Å². The van der Waals surface area contributed by atoms with Crippen LogP contribution in [0.5, 0.6) is 0 Å². The number of nitrogens with one attached hydrogen (secondary N) is 3. The summed E-state index contributed by atoms with van der Waals surface area (Å²) in [6.45, 7) is 4.17. The summed E-state index contributed by atoms with van der Waals surface area (Å²) >= 11 is 0. The Kier molecular flexibility index (Phi) is 4.49. The quantitative estimate of drug-likeness (QED) is 0.627. The van der Waals surface area contributed by atoms with E-state index in [1.807, 2.05) is 24.3 Å². The largest absolute Gasteiger partial charge is 0.340 e. The number of nitrogens with zero attached hydrogens (tertiary/aromatic N) is 2. The Labute approximate surface area is 152 Å². The van der Waals surface area contributed by atoms with Crippen molar-refractivity contribution in [1.29, 1.82) is 0 Å². The number of aryl methyl sites for hydroxylation is 1. The molecule has 6 nitrogen and oxygen atoms in total. The first-order valence-electron chi connectivity index (χ1n) is 9.45. The molecule has 0 aliphatic heterocycles. The fourth-order valence-electron chi connectivity index (χ4n) is 3.73. The van der Waals surface area contributed by atoms with Gasteiger partial charge in [-0.25, -0.2) is 4.98 Å². The zero-order valence-electron chi connectivity index (χ0n) is 15.3. The second kappa shape index (κ2) is 6.94.